The summed E-state index contributed by atoms with van der Waals surface area (Å²) < 4.78 is 14.8. The fourth-order valence-electron chi connectivity index (χ4n) is 6.94. The zero-order valence-electron chi connectivity index (χ0n) is 25.5. The van der Waals surface area contributed by atoms with Crippen LogP contribution < -0.4 is 4.74 Å². The highest BCUT2D eigenvalue weighted by Gasteiger charge is 2.34. The first kappa shape index (κ1) is 29.2. The Balaban J connectivity index is 0.820. The number of nitrogens with zero attached hydrogens (tertiary/aromatic N) is 6. The fraction of sp³-hybridized carbons (Fsp3) is 0.500. The van der Waals surface area contributed by atoms with Crippen LogP contribution in [0.4, 0.5) is 0 Å². The van der Waals surface area contributed by atoms with Crippen molar-refractivity contribution in [2.75, 3.05) is 58.9 Å². The van der Waals surface area contributed by atoms with Crippen LogP contribution >= 0.6 is 0 Å². The molecule has 44 heavy (non-hydrogen) atoms. The van der Waals surface area contributed by atoms with E-state index in [1.54, 1.807) is 0 Å². The number of hydrogen-bond acceptors (Lipinski definition) is 8. The quantitative estimate of drug-likeness (QED) is 0.292. The minimum atomic E-state index is -0.735. The van der Waals surface area contributed by atoms with E-state index in [0.29, 0.717) is 12.0 Å². The van der Waals surface area contributed by atoms with E-state index in [1.807, 2.05) is 29.6 Å². The molecule has 3 fully saturated rings. The minimum Gasteiger partial charge on any atom is -0.480 e. The van der Waals surface area contributed by atoms with Gasteiger partial charge >= 0.3 is 5.97 Å². The SMILES string of the molecule is Cn1c2ccncc2c2ccc(-c3ccc(O[C@H]4C[C@H](OC5CCN(CCN6CCN(CC(=O)O)CC6)CC5)C4)nc3)cc21. The van der Waals surface area contributed by atoms with Gasteiger partial charge in [-0.1, -0.05) is 12.1 Å². The number of benzene rings is 1. The Kier molecular flexibility index (Phi) is 8.49. The highest BCUT2D eigenvalue weighted by Crippen LogP contribution is 2.33. The number of aryl methyl sites for hydroxylation is 1. The summed E-state index contributed by atoms with van der Waals surface area (Å²) in [6.07, 6.45) is 10.5. The standard InChI is InChI=1S/C34H42N6O4/c1-37-31-6-9-35-22-30(31)29-4-2-24(18-32(29)37)25-3-5-33(36-21-25)44-28-19-27(20-28)43-26-7-10-38(11-8-26)12-13-39-14-16-40(17-15-39)23-34(41)42/h2-6,9,18,21-22,26-28H,7-8,10-17,19-20,23H2,1H3,(H,41,42)/t27-,28-. The number of carbonyl (C=O) groups is 1. The van der Waals surface area contributed by atoms with E-state index in [2.05, 4.69) is 61.7 Å². The number of piperidine rings is 1. The molecule has 5 heterocycles. The van der Waals surface area contributed by atoms with Gasteiger partial charge in [-0.15, -0.1) is 0 Å². The number of likely N-dealkylation sites (tertiary alicyclic amines) is 1. The summed E-state index contributed by atoms with van der Waals surface area (Å²) in [7, 11) is 2.10. The predicted octanol–water partition coefficient (Wildman–Crippen LogP) is 3.88. The maximum atomic E-state index is 10.9. The van der Waals surface area contributed by atoms with Crippen molar-refractivity contribution in [3.05, 3.63) is 55.0 Å². The van der Waals surface area contributed by atoms with Crippen LogP contribution in [0.3, 0.4) is 0 Å². The normalized spacial score (nSPS) is 22.4. The van der Waals surface area contributed by atoms with Gasteiger partial charge in [0.1, 0.15) is 6.10 Å². The number of rotatable bonds is 10. The molecule has 2 saturated heterocycles. The van der Waals surface area contributed by atoms with E-state index in [4.69, 9.17) is 14.6 Å². The van der Waals surface area contributed by atoms with Crippen LogP contribution in [0, 0.1) is 0 Å². The van der Waals surface area contributed by atoms with Crippen LogP contribution in [0.15, 0.2) is 55.0 Å². The molecule has 1 N–H and O–H groups in total. The van der Waals surface area contributed by atoms with Crippen molar-refractivity contribution < 1.29 is 19.4 Å². The Labute approximate surface area is 258 Å². The van der Waals surface area contributed by atoms with Gasteiger partial charge in [0.15, 0.2) is 0 Å². The number of pyridine rings is 2. The van der Waals surface area contributed by atoms with Crippen LogP contribution in [0.25, 0.3) is 32.9 Å². The predicted molar refractivity (Wildman–Crippen MR) is 170 cm³/mol. The lowest BCUT2D eigenvalue weighted by Gasteiger charge is -2.40. The Hall–Kier alpha value is -3.57. The fourth-order valence-corrected chi connectivity index (χ4v) is 6.94. The summed E-state index contributed by atoms with van der Waals surface area (Å²) >= 11 is 0. The van der Waals surface area contributed by atoms with Gasteiger partial charge in [-0.05, 0) is 36.6 Å². The molecule has 0 radical (unpaired) electrons. The lowest BCUT2D eigenvalue weighted by Crippen LogP contribution is -2.50. The first-order chi connectivity index (χ1) is 21.5. The number of carboxylic acid groups (broad SMARTS) is 1. The van der Waals surface area contributed by atoms with Crippen molar-refractivity contribution in [1.29, 1.82) is 0 Å². The second-order valence-electron chi connectivity index (χ2n) is 12.6. The summed E-state index contributed by atoms with van der Waals surface area (Å²) in [5.41, 5.74) is 4.57. The number of aliphatic carboxylic acids is 1. The molecule has 0 atom stereocenters. The minimum absolute atomic E-state index is 0.155. The average molecular weight is 599 g/mol. The molecule has 3 aliphatic rings. The van der Waals surface area contributed by atoms with Gasteiger partial charge in [0.2, 0.25) is 5.88 Å². The first-order valence-corrected chi connectivity index (χ1v) is 16.0. The number of aromatic nitrogens is 3. The van der Waals surface area contributed by atoms with E-state index in [9.17, 15) is 4.79 Å². The zero-order valence-corrected chi connectivity index (χ0v) is 25.5. The monoisotopic (exact) mass is 598 g/mol. The van der Waals surface area contributed by atoms with Gasteiger partial charge in [0, 0.05) is 119 Å². The summed E-state index contributed by atoms with van der Waals surface area (Å²) in [5, 5.41) is 11.4. The van der Waals surface area contributed by atoms with Crippen molar-refractivity contribution in [2.45, 2.75) is 44.0 Å². The summed E-state index contributed by atoms with van der Waals surface area (Å²) in [5.74, 6) is -0.0632. The average Bonchev–Trinajstić information content (AvgIpc) is 3.31. The molecule has 0 amide bonds. The molecule has 232 valence electrons. The summed E-state index contributed by atoms with van der Waals surface area (Å²) in [4.78, 5) is 26.9. The molecule has 2 aliphatic heterocycles. The topological polar surface area (TPSA) is 96.2 Å². The van der Waals surface area contributed by atoms with Crippen LogP contribution in [-0.4, -0.2) is 118 Å². The van der Waals surface area contributed by atoms with E-state index in [-0.39, 0.29) is 18.8 Å². The summed E-state index contributed by atoms with van der Waals surface area (Å²) in [6, 6.07) is 12.7. The van der Waals surface area contributed by atoms with Gasteiger partial charge in [-0.25, -0.2) is 4.98 Å². The van der Waals surface area contributed by atoms with Crippen LogP contribution in [-0.2, 0) is 16.6 Å². The molecule has 7 rings (SSSR count). The molecule has 0 unspecified atom stereocenters. The van der Waals surface area contributed by atoms with E-state index >= 15 is 0 Å². The maximum Gasteiger partial charge on any atom is 0.317 e. The van der Waals surface area contributed by atoms with E-state index in [1.165, 1.54) is 21.8 Å². The van der Waals surface area contributed by atoms with Gasteiger partial charge in [0.25, 0.3) is 0 Å². The van der Waals surface area contributed by atoms with Gasteiger partial charge in [-0.2, -0.15) is 0 Å². The number of hydrogen-bond donors (Lipinski definition) is 1. The van der Waals surface area contributed by atoms with Gasteiger partial charge < -0.3 is 24.0 Å². The lowest BCUT2D eigenvalue weighted by atomic mass is 9.91. The van der Waals surface area contributed by atoms with Crippen LogP contribution in [0.2, 0.25) is 0 Å². The molecule has 3 aromatic heterocycles. The highest BCUT2D eigenvalue weighted by atomic mass is 16.5. The molecular weight excluding hydrogens is 556 g/mol. The van der Waals surface area contributed by atoms with Crippen molar-refractivity contribution in [3.8, 4) is 17.0 Å². The third kappa shape index (κ3) is 6.44. The number of ether oxygens (including phenoxy) is 2. The van der Waals surface area contributed by atoms with E-state index in [0.717, 1.165) is 89.2 Å². The second kappa shape index (κ2) is 12.8. The van der Waals surface area contributed by atoms with Crippen molar-refractivity contribution >= 4 is 27.8 Å². The molecule has 1 aromatic carbocycles. The maximum absolute atomic E-state index is 10.9. The second-order valence-corrected chi connectivity index (χ2v) is 12.6. The Morgan fingerprint density at radius 3 is 2.27 bits per heavy atom. The highest BCUT2D eigenvalue weighted by molar-refractivity contribution is 6.08. The molecule has 10 nitrogen and oxygen atoms in total. The van der Waals surface area contributed by atoms with Gasteiger partial charge in [-0.3, -0.25) is 19.6 Å². The zero-order chi connectivity index (χ0) is 30.0. The molecule has 1 aliphatic carbocycles. The largest absolute Gasteiger partial charge is 0.480 e. The third-order valence-electron chi connectivity index (χ3n) is 9.69. The summed E-state index contributed by atoms with van der Waals surface area (Å²) in [6.45, 7) is 8.05. The molecule has 1 saturated carbocycles. The molecule has 4 aromatic rings. The molecule has 10 heteroatoms. The molecule has 0 spiro atoms. The van der Waals surface area contributed by atoms with Crippen LogP contribution in [0.1, 0.15) is 25.7 Å². The van der Waals surface area contributed by atoms with Gasteiger partial charge in [0.05, 0.1) is 24.3 Å². The molecule has 0 bridgehead atoms. The Morgan fingerprint density at radius 1 is 0.818 bits per heavy atom. The van der Waals surface area contributed by atoms with Crippen molar-refractivity contribution in [3.63, 3.8) is 0 Å². The number of carboxylic acids is 1. The first-order valence-electron chi connectivity index (χ1n) is 16.0. The van der Waals surface area contributed by atoms with Crippen molar-refractivity contribution in [1.82, 2.24) is 29.2 Å². The number of fused-ring (bicyclic) bond motifs is 3. The van der Waals surface area contributed by atoms with Crippen LogP contribution in [0.5, 0.6) is 5.88 Å². The Bertz CT molecular complexity index is 1580. The third-order valence-corrected chi connectivity index (χ3v) is 9.69. The Morgan fingerprint density at radius 2 is 1.55 bits per heavy atom. The lowest BCUT2D eigenvalue weighted by molar-refractivity contribution is -0.138. The smallest absolute Gasteiger partial charge is 0.317 e. The number of piperazine rings is 1. The van der Waals surface area contributed by atoms with E-state index < -0.39 is 5.97 Å². The molecular formula is C34H42N6O4. The van der Waals surface area contributed by atoms with Crippen molar-refractivity contribution in [2.24, 2.45) is 7.05 Å².